The van der Waals surface area contributed by atoms with Crippen LogP contribution in [0.5, 0.6) is 11.5 Å². The molecule has 1 heterocycles. The van der Waals surface area contributed by atoms with E-state index < -0.39 is 0 Å². The van der Waals surface area contributed by atoms with Gasteiger partial charge in [-0.2, -0.15) is 0 Å². The molecule has 0 saturated carbocycles. The highest BCUT2D eigenvalue weighted by Crippen LogP contribution is 2.13. The van der Waals surface area contributed by atoms with Crippen molar-refractivity contribution < 1.29 is 9.47 Å². The zero-order valence-electron chi connectivity index (χ0n) is 11.9. The normalized spacial score (nSPS) is 10.3. The van der Waals surface area contributed by atoms with E-state index in [1.807, 2.05) is 49.4 Å². The Kier molecular flexibility index (Phi) is 5.38. The SMILES string of the molecule is COc1cc(C)nc(CNCCOc2ccccc2)c1. The Labute approximate surface area is 119 Å². The van der Waals surface area contributed by atoms with E-state index in [2.05, 4.69) is 10.3 Å². The Morgan fingerprint density at radius 2 is 1.90 bits per heavy atom. The lowest BCUT2D eigenvalue weighted by atomic mass is 10.3. The maximum absolute atomic E-state index is 5.60. The first-order valence-electron chi connectivity index (χ1n) is 6.68. The molecule has 0 aliphatic heterocycles. The number of aromatic nitrogens is 1. The summed E-state index contributed by atoms with van der Waals surface area (Å²) in [6.45, 7) is 4.07. The van der Waals surface area contributed by atoms with Crippen molar-refractivity contribution in [3.63, 3.8) is 0 Å². The third kappa shape index (κ3) is 4.55. The number of pyridine rings is 1. The van der Waals surface area contributed by atoms with Gasteiger partial charge < -0.3 is 14.8 Å². The smallest absolute Gasteiger partial charge is 0.122 e. The molecule has 0 bridgehead atoms. The van der Waals surface area contributed by atoms with Gasteiger partial charge >= 0.3 is 0 Å². The Bertz CT molecular complexity index is 529. The molecule has 0 unspecified atom stereocenters. The summed E-state index contributed by atoms with van der Waals surface area (Å²) >= 11 is 0. The number of hydrogen-bond donors (Lipinski definition) is 1. The van der Waals surface area contributed by atoms with Crippen LogP contribution in [-0.2, 0) is 6.54 Å². The lowest BCUT2D eigenvalue weighted by Gasteiger charge is -2.09. The molecule has 0 aliphatic carbocycles. The molecule has 0 atom stereocenters. The van der Waals surface area contributed by atoms with E-state index in [0.717, 1.165) is 29.4 Å². The predicted molar refractivity (Wildman–Crippen MR) is 79.2 cm³/mol. The summed E-state index contributed by atoms with van der Waals surface area (Å²) in [5, 5.41) is 3.31. The Balaban J connectivity index is 1.72. The van der Waals surface area contributed by atoms with Gasteiger partial charge in [-0.15, -0.1) is 0 Å². The van der Waals surface area contributed by atoms with Crippen LogP contribution in [0, 0.1) is 6.92 Å². The van der Waals surface area contributed by atoms with Crippen molar-refractivity contribution >= 4 is 0 Å². The molecule has 0 fully saturated rings. The summed E-state index contributed by atoms with van der Waals surface area (Å²) in [6, 6.07) is 13.7. The summed E-state index contributed by atoms with van der Waals surface area (Å²) in [5.41, 5.74) is 1.93. The van der Waals surface area contributed by atoms with E-state index >= 15 is 0 Å². The Morgan fingerprint density at radius 1 is 1.10 bits per heavy atom. The molecule has 0 aliphatic rings. The molecule has 106 valence electrons. The second kappa shape index (κ2) is 7.50. The third-order valence-corrected chi connectivity index (χ3v) is 2.81. The second-order valence-electron chi connectivity index (χ2n) is 4.48. The maximum atomic E-state index is 5.60. The van der Waals surface area contributed by atoms with Gasteiger partial charge in [-0.25, -0.2) is 0 Å². The molecule has 2 rings (SSSR count). The summed E-state index contributed by atoms with van der Waals surface area (Å²) in [5.74, 6) is 1.74. The highest BCUT2D eigenvalue weighted by atomic mass is 16.5. The first-order chi connectivity index (χ1) is 9.78. The third-order valence-electron chi connectivity index (χ3n) is 2.81. The van der Waals surface area contributed by atoms with Crippen molar-refractivity contribution in [3.05, 3.63) is 53.9 Å². The topological polar surface area (TPSA) is 43.4 Å². The van der Waals surface area contributed by atoms with Crippen LogP contribution in [-0.4, -0.2) is 25.2 Å². The lowest BCUT2D eigenvalue weighted by Crippen LogP contribution is -2.21. The first-order valence-corrected chi connectivity index (χ1v) is 6.68. The molecule has 0 spiro atoms. The molecule has 0 amide bonds. The molecule has 1 aromatic carbocycles. The largest absolute Gasteiger partial charge is 0.497 e. The summed E-state index contributed by atoms with van der Waals surface area (Å²) < 4.78 is 10.8. The minimum atomic E-state index is 0.632. The standard InChI is InChI=1S/C16H20N2O2/c1-13-10-16(19-2)11-14(18-13)12-17-8-9-20-15-6-4-3-5-7-15/h3-7,10-11,17H,8-9,12H2,1-2H3. The summed E-state index contributed by atoms with van der Waals surface area (Å²) in [7, 11) is 1.67. The van der Waals surface area contributed by atoms with Crippen LogP contribution < -0.4 is 14.8 Å². The van der Waals surface area contributed by atoms with Gasteiger partial charge in [0, 0.05) is 30.9 Å². The average molecular weight is 272 g/mol. The number of benzene rings is 1. The van der Waals surface area contributed by atoms with Crippen molar-refractivity contribution in [2.24, 2.45) is 0 Å². The molecule has 2 aromatic rings. The number of nitrogens with one attached hydrogen (secondary N) is 1. The number of para-hydroxylation sites is 1. The molecule has 1 N–H and O–H groups in total. The van der Waals surface area contributed by atoms with Crippen LogP contribution in [0.25, 0.3) is 0 Å². The highest BCUT2D eigenvalue weighted by molar-refractivity contribution is 5.26. The summed E-state index contributed by atoms with van der Waals surface area (Å²) in [6.07, 6.45) is 0. The molecule has 0 radical (unpaired) electrons. The van der Waals surface area contributed by atoms with Crippen LogP contribution in [0.2, 0.25) is 0 Å². The van der Waals surface area contributed by atoms with Gasteiger partial charge in [0.15, 0.2) is 0 Å². The van der Waals surface area contributed by atoms with Gasteiger partial charge in [0.2, 0.25) is 0 Å². The predicted octanol–water partition coefficient (Wildman–Crippen LogP) is 2.57. The van der Waals surface area contributed by atoms with Crippen LogP contribution >= 0.6 is 0 Å². The van der Waals surface area contributed by atoms with Crippen LogP contribution in [0.15, 0.2) is 42.5 Å². The number of nitrogens with zero attached hydrogens (tertiary/aromatic N) is 1. The van der Waals surface area contributed by atoms with E-state index in [0.29, 0.717) is 13.2 Å². The number of rotatable bonds is 7. The summed E-state index contributed by atoms with van der Waals surface area (Å²) in [4.78, 5) is 4.45. The van der Waals surface area contributed by atoms with Crippen LogP contribution in [0.1, 0.15) is 11.4 Å². The zero-order valence-corrected chi connectivity index (χ0v) is 11.9. The van der Waals surface area contributed by atoms with Crippen LogP contribution in [0.3, 0.4) is 0 Å². The highest BCUT2D eigenvalue weighted by Gasteiger charge is 2.00. The fourth-order valence-corrected chi connectivity index (χ4v) is 1.89. The van der Waals surface area contributed by atoms with Gasteiger partial charge in [0.05, 0.1) is 12.8 Å². The van der Waals surface area contributed by atoms with Crippen LogP contribution in [0.4, 0.5) is 0 Å². The van der Waals surface area contributed by atoms with Crippen molar-refractivity contribution in [1.29, 1.82) is 0 Å². The fraction of sp³-hybridized carbons (Fsp3) is 0.312. The molecular weight excluding hydrogens is 252 g/mol. The fourth-order valence-electron chi connectivity index (χ4n) is 1.89. The molecule has 0 saturated heterocycles. The monoisotopic (exact) mass is 272 g/mol. The second-order valence-corrected chi connectivity index (χ2v) is 4.48. The zero-order chi connectivity index (χ0) is 14.2. The quantitative estimate of drug-likeness (QED) is 0.787. The van der Waals surface area contributed by atoms with Crippen molar-refractivity contribution in [2.45, 2.75) is 13.5 Å². The van der Waals surface area contributed by atoms with Gasteiger partial charge in [-0.05, 0) is 19.1 Å². The van der Waals surface area contributed by atoms with Gasteiger partial charge in [-0.1, -0.05) is 18.2 Å². The van der Waals surface area contributed by atoms with E-state index in [9.17, 15) is 0 Å². The van der Waals surface area contributed by atoms with E-state index in [-0.39, 0.29) is 0 Å². The van der Waals surface area contributed by atoms with E-state index in [1.165, 1.54) is 0 Å². The number of aryl methyl sites for hydroxylation is 1. The Morgan fingerprint density at radius 3 is 2.65 bits per heavy atom. The average Bonchev–Trinajstić information content (AvgIpc) is 2.47. The number of methoxy groups -OCH3 is 1. The number of ether oxygens (including phenoxy) is 2. The minimum absolute atomic E-state index is 0.632. The molecular formula is C16H20N2O2. The maximum Gasteiger partial charge on any atom is 0.122 e. The van der Waals surface area contributed by atoms with Crippen molar-refractivity contribution in [1.82, 2.24) is 10.3 Å². The van der Waals surface area contributed by atoms with Crippen molar-refractivity contribution in [2.75, 3.05) is 20.3 Å². The minimum Gasteiger partial charge on any atom is -0.497 e. The molecule has 4 nitrogen and oxygen atoms in total. The van der Waals surface area contributed by atoms with E-state index in [4.69, 9.17) is 9.47 Å². The first kappa shape index (κ1) is 14.3. The van der Waals surface area contributed by atoms with Gasteiger partial charge in [0.25, 0.3) is 0 Å². The lowest BCUT2D eigenvalue weighted by molar-refractivity contribution is 0.313. The van der Waals surface area contributed by atoms with Gasteiger partial charge in [-0.3, -0.25) is 4.98 Å². The number of hydrogen-bond acceptors (Lipinski definition) is 4. The van der Waals surface area contributed by atoms with Gasteiger partial charge in [0.1, 0.15) is 18.1 Å². The van der Waals surface area contributed by atoms with E-state index in [1.54, 1.807) is 7.11 Å². The Hall–Kier alpha value is -2.07. The van der Waals surface area contributed by atoms with Crippen molar-refractivity contribution in [3.8, 4) is 11.5 Å². The molecule has 1 aromatic heterocycles. The molecule has 4 heteroatoms. The molecule has 20 heavy (non-hydrogen) atoms.